The van der Waals surface area contributed by atoms with Gasteiger partial charge < -0.3 is 10.0 Å². The van der Waals surface area contributed by atoms with E-state index in [2.05, 4.69) is 16.0 Å². The lowest BCUT2D eigenvalue weighted by molar-refractivity contribution is 0.461. The molecule has 3 nitrogen and oxygen atoms in total. The van der Waals surface area contributed by atoms with Crippen molar-refractivity contribution in [2.75, 3.05) is 18.0 Å². The molecule has 22 heavy (non-hydrogen) atoms. The first-order valence-corrected chi connectivity index (χ1v) is 8.05. The number of benzene rings is 2. The van der Waals surface area contributed by atoms with Crippen molar-refractivity contribution in [2.24, 2.45) is 4.99 Å². The number of phenolic OH excluding ortho intramolecular Hbond substituents is 1. The maximum absolute atomic E-state index is 10.7. The molecule has 0 amide bonds. The summed E-state index contributed by atoms with van der Waals surface area (Å²) in [7, 11) is 0. The van der Waals surface area contributed by atoms with E-state index in [9.17, 15) is 5.11 Å². The van der Waals surface area contributed by atoms with Crippen LogP contribution in [0, 0.1) is 0 Å². The molecule has 0 aliphatic carbocycles. The van der Waals surface area contributed by atoms with Crippen molar-refractivity contribution in [3.63, 3.8) is 0 Å². The second-order valence-electron chi connectivity index (χ2n) is 6.09. The van der Waals surface area contributed by atoms with Crippen molar-refractivity contribution in [3.8, 4) is 5.75 Å². The van der Waals surface area contributed by atoms with E-state index in [0.29, 0.717) is 5.75 Å². The van der Waals surface area contributed by atoms with Gasteiger partial charge in [-0.1, -0.05) is 18.2 Å². The Hall–Kier alpha value is -2.29. The third-order valence-corrected chi connectivity index (χ3v) is 4.63. The molecule has 0 atom stereocenters. The van der Waals surface area contributed by atoms with E-state index in [4.69, 9.17) is 0 Å². The molecule has 2 heterocycles. The highest BCUT2D eigenvalue weighted by molar-refractivity contribution is 5.89. The highest BCUT2D eigenvalue weighted by Crippen LogP contribution is 2.41. The number of nitrogens with zero attached hydrogens (tertiary/aromatic N) is 2. The van der Waals surface area contributed by atoms with Crippen molar-refractivity contribution in [3.05, 3.63) is 53.1 Å². The first-order chi connectivity index (χ1) is 10.8. The largest absolute Gasteiger partial charge is 0.507 e. The number of aryl methyl sites for hydroxylation is 1. The zero-order valence-electron chi connectivity index (χ0n) is 12.6. The fourth-order valence-corrected chi connectivity index (χ4v) is 3.62. The monoisotopic (exact) mass is 292 g/mol. The van der Waals surface area contributed by atoms with Crippen LogP contribution >= 0.6 is 0 Å². The second kappa shape index (κ2) is 5.48. The first kappa shape index (κ1) is 13.4. The Morgan fingerprint density at radius 3 is 2.64 bits per heavy atom. The SMILES string of the molecule is Oc1c(C=Nc2ccccc2)cc2c3c1CCCN3CCC2. The van der Waals surface area contributed by atoms with Crippen LogP contribution in [0.3, 0.4) is 0 Å². The van der Waals surface area contributed by atoms with E-state index >= 15 is 0 Å². The number of anilines is 1. The van der Waals surface area contributed by atoms with Gasteiger partial charge in [-0.3, -0.25) is 4.99 Å². The van der Waals surface area contributed by atoms with Crippen LogP contribution in [0.4, 0.5) is 11.4 Å². The average Bonchev–Trinajstić information content (AvgIpc) is 2.58. The predicted molar refractivity (Wildman–Crippen MR) is 90.7 cm³/mol. The van der Waals surface area contributed by atoms with Gasteiger partial charge in [0.25, 0.3) is 0 Å². The zero-order chi connectivity index (χ0) is 14.9. The van der Waals surface area contributed by atoms with Crippen LogP contribution in [0.15, 0.2) is 41.4 Å². The van der Waals surface area contributed by atoms with Crippen molar-refractivity contribution >= 4 is 17.6 Å². The Labute approximate surface area is 130 Å². The quantitative estimate of drug-likeness (QED) is 0.854. The summed E-state index contributed by atoms with van der Waals surface area (Å²) in [6.07, 6.45) is 6.20. The predicted octanol–water partition coefficient (Wildman–Crippen LogP) is 3.84. The molecule has 0 fully saturated rings. The maximum Gasteiger partial charge on any atom is 0.129 e. The number of para-hydroxylation sites is 1. The number of aliphatic imine (C=N–C) groups is 1. The van der Waals surface area contributed by atoms with Gasteiger partial charge in [0.05, 0.1) is 5.69 Å². The van der Waals surface area contributed by atoms with E-state index in [1.54, 1.807) is 6.21 Å². The van der Waals surface area contributed by atoms with Gasteiger partial charge in [-0.2, -0.15) is 0 Å². The van der Waals surface area contributed by atoms with Gasteiger partial charge in [-0.05, 0) is 49.4 Å². The van der Waals surface area contributed by atoms with Crippen LogP contribution in [-0.4, -0.2) is 24.4 Å². The molecule has 0 unspecified atom stereocenters. The fraction of sp³-hybridized carbons (Fsp3) is 0.316. The summed E-state index contributed by atoms with van der Waals surface area (Å²) < 4.78 is 0. The summed E-state index contributed by atoms with van der Waals surface area (Å²) >= 11 is 0. The number of phenols is 1. The van der Waals surface area contributed by atoms with Crippen LogP contribution in [-0.2, 0) is 12.8 Å². The van der Waals surface area contributed by atoms with Gasteiger partial charge in [0, 0.05) is 36.1 Å². The molecule has 2 aliphatic heterocycles. The zero-order valence-corrected chi connectivity index (χ0v) is 12.6. The van der Waals surface area contributed by atoms with E-state index in [1.165, 1.54) is 17.7 Å². The van der Waals surface area contributed by atoms with Crippen LogP contribution < -0.4 is 4.90 Å². The van der Waals surface area contributed by atoms with E-state index < -0.39 is 0 Å². The van der Waals surface area contributed by atoms with E-state index in [0.717, 1.165) is 49.2 Å². The smallest absolute Gasteiger partial charge is 0.129 e. The van der Waals surface area contributed by atoms with Gasteiger partial charge in [0.1, 0.15) is 5.75 Å². The lowest BCUT2D eigenvalue weighted by atomic mass is 9.89. The van der Waals surface area contributed by atoms with Crippen molar-refractivity contribution in [2.45, 2.75) is 25.7 Å². The lowest BCUT2D eigenvalue weighted by Crippen LogP contribution is -2.34. The number of aromatic hydroxyl groups is 1. The molecule has 0 bridgehead atoms. The molecule has 3 heteroatoms. The van der Waals surface area contributed by atoms with Crippen LogP contribution in [0.2, 0.25) is 0 Å². The Morgan fingerprint density at radius 1 is 1.05 bits per heavy atom. The average molecular weight is 292 g/mol. The molecular weight excluding hydrogens is 272 g/mol. The Kier molecular flexibility index (Phi) is 3.34. The summed E-state index contributed by atoms with van der Waals surface area (Å²) in [4.78, 5) is 6.94. The summed E-state index contributed by atoms with van der Waals surface area (Å²) in [6.45, 7) is 2.24. The molecule has 4 rings (SSSR count). The summed E-state index contributed by atoms with van der Waals surface area (Å²) in [6, 6.07) is 12.0. The van der Waals surface area contributed by atoms with Gasteiger partial charge in [0.2, 0.25) is 0 Å². The third-order valence-electron chi connectivity index (χ3n) is 4.63. The minimum atomic E-state index is 0.421. The molecule has 0 aromatic heterocycles. The molecular formula is C19H20N2O. The minimum Gasteiger partial charge on any atom is -0.507 e. The molecule has 2 aliphatic rings. The van der Waals surface area contributed by atoms with E-state index in [1.807, 2.05) is 30.3 Å². The van der Waals surface area contributed by atoms with Crippen molar-refractivity contribution in [1.29, 1.82) is 0 Å². The highest BCUT2D eigenvalue weighted by atomic mass is 16.3. The number of hydrogen-bond acceptors (Lipinski definition) is 3. The number of hydrogen-bond donors (Lipinski definition) is 1. The van der Waals surface area contributed by atoms with E-state index in [-0.39, 0.29) is 0 Å². The normalized spacial score (nSPS) is 16.8. The van der Waals surface area contributed by atoms with Gasteiger partial charge in [-0.25, -0.2) is 0 Å². The summed E-state index contributed by atoms with van der Waals surface area (Å²) in [5, 5.41) is 10.7. The Morgan fingerprint density at radius 2 is 1.82 bits per heavy atom. The molecule has 2 aromatic carbocycles. The van der Waals surface area contributed by atoms with Gasteiger partial charge >= 0.3 is 0 Å². The standard InChI is InChI=1S/C19H20N2O/c22-19-15(13-20-16-7-2-1-3-8-16)12-14-6-4-10-21-11-5-9-17(19)18(14)21/h1-3,7-8,12-13,22H,4-6,9-11H2. The lowest BCUT2D eigenvalue weighted by Gasteiger charge is -2.37. The minimum absolute atomic E-state index is 0.421. The van der Waals surface area contributed by atoms with Crippen LogP contribution in [0.5, 0.6) is 5.75 Å². The third kappa shape index (κ3) is 2.27. The second-order valence-corrected chi connectivity index (χ2v) is 6.09. The highest BCUT2D eigenvalue weighted by Gasteiger charge is 2.27. The van der Waals surface area contributed by atoms with Gasteiger partial charge in [0.15, 0.2) is 0 Å². The summed E-state index contributed by atoms with van der Waals surface area (Å²) in [5.74, 6) is 0.421. The first-order valence-electron chi connectivity index (χ1n) is 8.05. The molecule has 1 N–H and O–H groups in total. The Balaban J connectivity index is 1.76. The molecule has 0 radical (unpaired) electrons. The topological polar surface area (TPSA) is 35.8 Å². The Bertz CT molecular complexity index is 720. The molecule has 0 saturated carbocycles. The fourth-order valence-electron chi connectivity index (χ4n) is 3.62. The molecule has 2 aromatic rings. The molecule has 0 saturated heterocycles. The van der Waals surface area contributed by atoms with Crippen LogP contribution in [0.25, 0.3) is 0 Å². The number of rotatable bonds is 2. The van der Waals surface area contributed by atoms with Crippen molar-refractivity contribution in [1.82, 2.24) is 0 Å². The summed E-state index contributed by atoms with van der Waals surface area (Å²) in [5.41, 5.74) is 5.55. The molecule has 112 valence electrons. The van der Waals surface area contributed by atoms with Gasteiger partial charge in [-0.15, -0.1) is 0 Å². The van der Waals surface area contributed by atoms with Crippen molar-refractivity contribution < 1.29 is 5.11 Å². The molecule has 0 spiro atoms. The maximum atomic E-state index is 10.7. The van der Waals surface area contributed by atoms with Crippen LogP contribution in [0.1, 0.15) is 29.5 Å².